The van der Waals surface area contributed by atoms with Crippen LogP contribution in [0.25, 0.3) is 27.9 Å². The minimum Gasteiger partial charge on any atom is -0.398 e. The number of hydrogen-bond acceptors (Lipinski definition) is 4. The number of halogens is 1. The smallest absolute Gasteiger partial charge is 0.141 e. The predicted molar refractivity (Wildman–Crippen MR) is 91.8 cm³/mol. The van der Waals surface area contributed by atoms with Crippen LogP contribution >= 0.6 is 0 Å². The normalized spacial score (nSPS) is 14.8. The van der Waals surface area contributed by atoms with Crippen LogP contribution in [0.1, 0.15) is 17.7 Å². The minimum absolute atomic E-state index is 0.372. The Labute approximate surface area is 138 Å². The van der Waals surface area contributed by atoms with Gasteiger partial charge in [-0.2, -0.15) is 0 Å². The molecule has 2 aromatic heterocycles. The average Bonchev–Trinajstić information content (AvgIpc) is 3.03. The summed E-state index contributed by atoms with van der Waals surface area (Å²) in [6.45, 7) is 3.19. The van der Waals surface area contributed by atoms with Gasteiger partial charge in [-0.05, 0) is 42.7 Å². The van der Waals surface area contributed by atoms with E-state index in [1.165, 1.54) is 24.0 Å². The Kier molecular flexibility index (Phi) is 3.54. The first-order chi connectivity index (χ1) is 11.6. The molecule has 0 bridgehead atoms. The SMILES string of the molecule is Cc1c(N)cc(F)cc1-c1ncnc2[nH]c(C3=CCOCC3)cc12. The lowest BCUT2D eigenvalue weighted by Crippen LogP contribution is -2.03. The van der Waals surface area contributed by atoms with E-state index in [9.17, 15) is 4.39 Å². The van der Waals surface area contributed by atoms with Crippen molar-refractivity contribution in [1.29, 1.82) is 0 Å². The second-order valence-electron chi connectivity index (χ2n) is 5.89. The highest BCUT2D eigenvalue weighted by atomic mass is 19.1. The third-order valence-corrected chi connectivity index (χ3v) is 4.40. The van der Waals surface area contributed by atoms with E-state index in [-0.39, 0.29) is 5.82 Å². The lowest BCUT2D eigenvalue weighted by atomic mass is 10.0. The van der Waals surface area contributed by atoms with Crippen molar-refractivity contribution >= 4 is 22.3 Å². The molecule has 1 aliphatic rings. The summed E-state index contributed by atoms with van der Waals surface area (Å²) < 4.78 is 19.2. The second kappa shape index (κ2) is 5.72. The van der Waals surface area contributed by atoms with E-state index in [4.69, 9.17) is 10.5 Å². The number of aromatic amines is 1. The lowest BCUT2D eigenvalue weighted by molar-refractivity contribution is 0.161. The van der Waals surface area contributed by atoms with Gasteiger partial charge in [-0.25, -0.2) is 14.4 Å². The van der Waals surface area contributed by atoms with Gasteiger partial charge < -0.3 is 15.5 Å². The molecule has 3 N–H and O–H groups in total. The second-order valence-corrected chi connectivity index (χ2v) is 5.89. The molecular formula is C18H17FN4O. The zero-order valence-corrected chi connectivity index (χ0v) is 13.3. The molecule has 122 valence electrons. The topological polar surface area (TPSA) is 76.8 Å². The summed E-state index contributed by atoms with van der Waals surface area (Å²) in [7, 11) is 0. The van der Waals surface area contributed by atoms with Crippen molar-refractivity contribution in [1.82, 2.24) is 15.0 Å². The van der Waals surface area contributed by atoms with Gasteiger partial charge in [0.1, 0.15) is 17.8 Å². The standard InChI is InChI=1S/C18H17FN4O/c1-10-13(6-12(19)7-15(10)20)17-14-8-16(11-2-4-24-5-3-11)23-18(14)22-9-21-17/h2,6-9H,3-5,20H2,1H3,(H,21,22,23). The van der Waals surface area contributed by atoms with E-state index < -0.39 is 0 Å². The first-order valence-corrected chi connectivity index (χ1v) is 7.80. The molecule has 5 nitrogen and oxygen atoms in total. The highest BCUT2D eigenvalue weighted by Gasteiger charge is 2.16. The van der Waals surface area contributed by atoms with Crippen LogP contribution in [0, 0.1) is 12.7 Å². The van der Waals surface area contributed by atoms with Crippen molar-refractivity contribution in [2.24, 2.45) is 0 Å². The Morgan fingerprint density at radius 3 is 2.92 bits per heavy atom. The van der Waals surface area contributed by atoms with Crippen molar-refractivity contribution in [3.63, 3.8) is 0 Å². The fourth-order valence-electron chi connectivity index (χ4n) is 3.05. The van der Waals surface area contributed by atoms with Gasteiger partial charge in [-0.15, -0.1) is 0 Å². The molecule has 3 aromatic rings. The number of ether oxygens (including phenoxy) is 1. The molecule has 0 atom stereocenters. The molecule has 0 spiro atoms. The van der Waals surface area contributed by atoms with E-state index in [1.54, 1.807) is 0 Å². The summed E-state index contributed by atoms with van der Waals surface area (Å²) in [6.07, 6.45) is 4.39. The summed E-state index contributed by atoms with van der Waals surface area (Å²) in [6, 6.07) is 4.81. The summed E-state index contributed by atoms with van der Waals surface area (Å²) >= 11 is 0. The summed E-state index contributed by atoms with van der Waals surface area (Å²) in [5.74, 6) is -0.372. The molecule has 6 heteroatoms. The van der Waals surface area contributed by atoms with Crippen LogP contribution in [-0.4, -0.2) is 28.2 Å². The van der Waals surface area contributed by atoms with Gasteiger partial charge in [0.25, 0.3) is 0 Å². The van der Waals surface area contributed by atoms with Crippen molar-refractivity contribution in [3.8, 4) is 11.3 Å². The van der Waals surface area contributed by atoms with Crippen LogP contribution < -0.4 is 5.73 Å². The molecule has 0 saturated carbocycles. The monoisotopic (exact) mass is 324 g/mol. The molecule has 0 amide bonds. The molecule has 0 aliphatic carbocycles. The fraction of sp³-hybridized carbons (Fsp3) is 0.222. The van der Waals surface area contributed by atoms with Crippen molar-refractivity contribution < 1.29 is 9.13 Å². The minimum atomic E-state index is -0.372. The number of nitrogens with zero attached hydrogens (tertiary/aromatic N) is 2. The molecule has 0 fully saturated rings. The number of nitrogen functional groups attached to an aromatic ring is 1. The Morgan fingerprint density at radius 2 is 2.12 bits per heavy atom. The van der Waals surface area contributed by atoms with Crippen LogP contribution in [0.3, 0.4) is 0 Å². The molecular weight excluding hydrogens is 307 g/mol. The Bertz CT molecular complexity index is 961. The van der Waals surface area contributed by atoms with E-state index >= 15 is 0 Å². The van der Waals surface area contributed by atoms with Crippen molar-refractivity contribution in [2.75, 3.05) is 18.9 Å². The summed E-state index contributed by atoms with van der Waals surface area (Å²) in [5, 5.41) is 0.855. The predicted octanol–water partition coefficient (Wildman–Crippen LogP) is 3.46. The van der Waals surface area contributed by atoms with Crippen LogP contribution in [0.4, 0.5) is 10.1 Å². The number of hydrogen-bond donors (Lipinski definition) is 2. The number of H-pyrrole nitrogens is 1. The first kappa shape index (κ1) is 14.8. The number of anilines is 1. The highest BCUT2D eigenvalue weighted by Crippen LogP contribution is 2.33. The van der Waals surface area contributed by atoms with Crippen LogP contribution in [0.2, 0.25) is 0 Å². The summed E-state index contributed by atoms with van der Waals surface area (Å²) in [4.78, 5) is 12.0. The van der Waals surface area contributed by atoms with Crippen LogP contribution in [0.15, 0.2) is 30.6 Å². The zero-order chi connectivity index (χ0) is 16.7. The molecule has 0 saturated heterocycles. The van der Waals surface area contributed by atoms with E-state index in [1.807, 2.05) is 13.0 Å². The van der Waals surface area contributed by atoms with Crippen LogP contribution in [0.5, 0.6) is 0 Å². The van der Waals surface area contributed by atoms with Crippen molar-refractivity contribution in [3.05, 3.63) is 47.7 Å². The Morgan fingerprint density at radius 1 is 1.25 bits per heavy atom. The number of aromatic nitrogens is 3. The van der Waals surface area contributed by atoms with Gasteiger partial charge in [0, 0.05) is 22.3 Å². The van der Waals surface area contributed by atoms with Gasteiger partial charge in [-0.1, -0.05) is 6.08 Å². The van der Waals surface area contributed by atoms with Gasteiger partial charge in [0.05, 0.1) is 18.9 Å². The van der Waals surface area contributed by atoms with Gasteiger partial charge in [0.2, 0.25) is 0 Å². The van der Waals surface area contributed by atoms with Gasteiger partial charge in [0.15, 0.2) is 0 Å². The van der Waals surface area contributed by atoms with E-state index in [0.29, 0.717) is 30.2 Å². The summed E-state index contributed by atoms with van der Waals surface area (Å²) in [5.41, 5.74) is 11.4. The van der Waals surface area contributed by atoms with Crippen molar-refractivity contribution in [2.45, 2.75) is 13.3 Å². The number of nitrogens with one attached hydrogen (secondary N) is 1. The fourth-order valence-corrected chi connectivity index (χ4v) is 3.05. The third kappa shape index (κ3) is 2.45. The maximum absolute atomic E-state index is 13.8. The van der Waals surface area contributed by atoms with E-state index in [0.717, 1.165) is 28.7 Å². The molecule has 1 aliphatic heterocycles. The third-order valence-electron chi connectivity index (χ3n) is 4.40. The molecule has 3 heterocycles. The molecule has 24 heavy (non-hydrogen) atoms. The quantitative estimate of drug-likeness (QED) is 0.708. The van der Waals surface area contributed by atoms with Crippen LogP contribution in [-0.2, 0) is 4.74 Å². The van der Waals surface area contributed by atoms with Gasteiger partial charge in [-0.3, -0.25) is 0 Å². The lowest BCUT2D eigenvalue weighted by Gasteiger charge is -2.11. The molecule has 4 rings (SSSR count). The highest BCUT2D eigenvalue weighted by molar-refractivity contribution is 5.94. The van der Waals surface area contributed by atoms with E-state index in [2.05, 4.69) is 21.0 Å². The Hall–Kier alpha value is -2.73. The first-order valence-electron chi connectivity index (χ1n) is 7.80. The number of nitrogens with two attached hydrogens (primary N) is 1. The number of benzene rings is 1. The maximum Gasteiger partial charge on any atom is 0.141 e. The maximum atomic E-state index is 13.8. The zero-order valence-electron chi connectivity index (χ0n) is 13.3. The molecule has 1 aromatic carbocycles. The number of rotatable bonds is 2. The average molecular weight is 324 g/mol. The largest absolute Gasteiger partial charge is 0.398 e. The van der Waals surface area contributed by atoms with Gasteiger partial charge >= 0.3 is 0 Å². The molecule has 0 radical (unpaired) electrons. The molecule has 0 unspecified atom stereocenters. The Balaban J connectivity index is 1.91. The number of fused-ring (bicyclic) bond motifs is 1.